The molecule has 0 radical (unpaired) electrons. The lowest BCUT2D eigenvalue weighted by molar-refractivity contribution is -0.144. The van der Waals surface area contributed by atoms with Crippen molar-refractivity contribution in [2.45, 2.75) is 24.6 Å². The summed E-state index contributed by atoms with van der Waals surface area (Å²) in [4.78, 5) is 35.2. The van der Waals surface area contributed by atoms with Crippen LogP contribution in [0.15, 0.2) is 0 Å². The average Bonchev–Trinajstić information content (AvgIpc) is 2.34. The molecule has 1 aliphatic rings. The van der Waals surface area contributed by atoms with Gasteiger partial charge in [-0.2, -0.15) is 0 Å². The highest BCUT2D eigenvalue weighted by Crippen LogP contribution is 2.14. The molecule has 0 aliphatic carbocycles. The van der Waals surface area contributed by atoms with Crippen molar-refractivity contribution in [3.8, 4) is 0 Å². The van der Waals surface area contributed by atoms with Crippen molar-refractivity contribution in [2.75, 3.05) is 25.9 Å². The number of aliphatic carboxylic acids is 1. The van der Waals surface area contributed by atoms with Crippen LogP contribution in [-0.4, -0.2) is 73.0 Å². The van der Waals surface area contributed by atoms with Crippen LogP contribution in [0.4, 0.5) is 4.79 Å². The van der Waals surface area contributed by atoms with Gasteiger partial charge in [-0.15, -0.1) is 0 Å². The molecule has 120 valence electrons. The molecule has 3 amide bonds. The van der Waals surface area contributed by atoms with E-state index in [2.05, 4.69) is 10.6 Å². The van der Waals surface area contributed by atoms with Gasteiger partial charge in [0.25, 0.3) is 0 Å². The molecule has 0 aromatic rings. The Hall–Kier alpha value is -1.84. The smallest absolute Gasteiger partial charge is 0.328 e. The van der Waals surface area contributed by atoms with Gasteiger partial charge in [-0.05, 0) is 13.8 Å². The van der Waals surface area contributed by atoms with Gasteiger partial charge in [-0.3, -0.25) is 9.69 Å². The van der Waals surface area contributed by atoms with Crippen molar-refractivity contribution in [3.63, 3.8) is 0 Å². The highest BCUT2D eigenvalue weighted by atomic mass is 32.2. The molecule has 3 N–H and O–H groups in total. The highest BCUT2D eigenvalue weighted by Gasteiger charge is 2.37. The molecule has 1 fully saturated rings. The van der Waals surface area contributed by atoms with Crippen molar-refractivity contribution in [3.05, 3.63) is 0 Å². The van der Waals surface area contributed by atoms with E-state index in [1.54, 1.807) is 0 Å². The monoisotopic (exact) mass is 321 g/mol. The molecule has 1 unspecified atom stereocenters. The van der Waals surface area contributed by atoms with E-state index in [1.807, 2.05) is 0 Å². The van der Waals surface area contributed by atoms with E-state index < -0.39 is 38.5 Å². The van der Waals surface area contributed by atoms with Crippen LogP contribution in [0.5, 0.6) is 0 Å². The number of rotatable bonds is 4. The second-order valence-electron chi connectivity index (χ2n) is 5.48. The summed E-state index contributed by atoms with van der Waals surface area (Å²) in [6.45, 7) is 2.13. The number of carbonyl (C=O) groups is 3. The maximum Gasteiger partial charge on any atom is 0.328 e. The molecule has 10 heteroatoms. The van der Waals surface area contributed by atoms with Gasteiger partial charge in [0, 0.05) is 19.3 Å². The number of carbonyl (C=O) groups excluding carboxylic acids is 2. The van der Waals surface area contributed by atoms with E-state index in [-0.39, 0.29) is 19.6 Å². The number of hydrogen-bond donors (Lipinski definition) is 3. The van der Waals surface area contributed by atoms with E-state index in [0.29, 0.717) is 0 Å². The van der Waals surface area contributed by atoms with Crippen molar-refractivity contribution in [2.24, 2.45) is 0 Å². The summed E-state index contributed by atoms with van der Waals surface area (Å²) in [7, 11) is -3.40. The summed E-state index contributed by atoms with van der Waals surface area (Å²) in [6, 6.07) is -1.96. The Bertz CT molecular complexity index is 556. The van der Waals surface area contributed by atoms with Crippen LogP contribution in [-0.2, 0) is 19.4 Å². The molecule has 0 aromatic carbocycles. The first-order valence-electron chi connectivity index (χ1n) is 6.19. The summed E-state index contributed by atoms with van der Waals surface area (Å²) >= 11 is 0. The molecule has 1 saturated heterocycles. The fraction of sp³-hybridized carbons (Fsp3) is 0.727. The molecular weight excluding hydrogens is 302 g/mol. The Morgan fingerprint density at radius 3 is 2.52 bits per heavy atom. The van der Waals surface area contributed by atoms with E-state index in [1.165, 1.54) is 13.8 Å². The molecule has 0 aromatic heterocycles. The SMILES string of the molecule is CC(C)(CNC(=O)N1CC(=O)NCC1C(=O)O)S(C)(=O)=O. The maximum absolute atomic E-state index is 12.0. The number of hydrogen-bond acceptors (Lipinski definition) is 5. The molecular formula is C11H19N3O6S. The predicted molar refractivity (Wildman–Crippen MR) is 73.5 cm³/mol. The van der Waals surface area contributed by atoms with Crippen molar-refractivity contribution in [1.82, 2.24) is 15.5 Å². The third-order valence-corrected chi connectivity index (χ3v) is 5.55. The minimum absolute atomic E-state index is 0.183. The molecule has 1 aliphatic heterocycles. The first-order valence-corrected chi connectivity index (χ1v) is 8.08. The first kappa shape index (κ1) is 17.2. The molecule has 1 rings (SSSR count). The molecule has 0 saturated carbocycles. The second kappa shape index (κ2) is 5.88. The molecule has 0 spiro atoms. The van der Waals surface area contributed by atoms with Crippen molar-refractivity contribution < 1.29 is 27.9 Å². The van der Waals surface area contributed by atoms with E-state index in [9.17, 15) is 22.8 Å². The van der Waals surface area contributed by atoms with Gasteiger partial charge in [0.2, 0.25) is 5.91 Å². The minimum Gasteiger partial charge on any atom is -0.480 e. The van der Waals surface area contributed by atoms with Gasteiger partial charge in [-0.25, -0.2) is 18.0 Å². The first-order chi connectivity index (χ1) is 9.45. The predicted octanol–water partition coefficient (Wildman–Crippen LogP) is -1.60. The Kier molecular flexibility index (Phi) is 4.82. The van der Waals surface area contributed by atoms with Crippen LogP contribution in [0.3, 0.4) is 0 Å². The fourth-order valence-corrected chi connectivity index (χ4v) is 1.93. The van der Waals surface area contributed by atoms with Crippen LogP contribution >= 0.6 is 0 Å². The van der Waals surface area contributed by atoms with Crippen molar-refractivity contribution in [1.29, 1.82) is 0 Å². The summed E-state index contributed by atoms with van der Waals surface area (Å²) in [5, 5.41) is 13.8. The Morgan fingerprint density at radius 2 is 2.05 bits per heavy atom. The third-order valence-electron chi connectivity index (χ3n) is 3.40. The lowest BCUT2D eigenvalue weighted by Crippen LogP contribution is -2.62. The molecule has 21 heavy (non-hydrogen) atoms. The average molecular weight is 321 g/mol. The number of nitrogens with zero attached hydrogens (tertiary/aromatic N) is 1. The fourth-order valence-electron chi connectivity index (χ4n) is 1.60. The molecule has 1 heterocycles. The number of carboxylic acid groups (broad SMARTS) is 1. The molecule has 9 nitrogen and oxygen atoms in total. The topological polar surface area (TPSA) is 133 Å². The third kappa shape index (κ3) is 4.06. The summed E-state index contributed by atoms with van der Waals surface area (Å²) in [5.74, 6) is -1.71. The van der Waals surface area contributed by atoms with Gasteiger partial charge in [0.1, 0.15) is 12.6 Å². The number of urea groups is 1. The number of piperazine rings is 1. The van der Waals surface area contributed by atoms with Crippen LogP contribution in [0.2, 0.25) is 0 Å². The normalized spacial score (nSPS) is 19.9. The van der Waals surface area contributed by atoms with Crippen LogP contribution in [0, 0.1) is 0 Å². The maximum atomic E-state index is 12.0. The summed E-state index contributed by atoms with van der Waals surface area (Å²) in [5.41, 5.74) is 0. The van der Waals surface area contributed by atoms with E-state index in [4.69, 9.17) is 5.11 Å². The molecule has 0 bridgehead atoms. The molecule has 1 atom stereocenters. The summed E-state index contributed by atoms with van der Waals surface area (Å²) in [6.07, 6.45) is 1.05. The van der Waals surface area contributed by atoms with Gasteiger partial charge in [-0.1, -0.05) is 0 Å². The Labute approximate surface area is 122 Å². The lowest BCUT2D eigenvalue weighted by Gasteiger charge is -2.33. The second-order valence-corrected chi connectivity index (χ2v) is 8.13. The zero-order valence-corrected chi connectivity index (χ0v) is 12.9. The highest BCUT2D eigenvalue weighted by molar-refractivity contribution is 7.92. The van der Waals surface area contributed by atoms with E-state index >= 15 is 0 Å². The summed E-state index contributed by atoms with van der Waals surface area (Å²) < 4.78 is 21.9. The van der Waals surface area contributed by atoms with Gasteiger partial charge < -0.3 is 15.7 Å². The quantitative estimate of drug-likeness (QED) is 0.571. The van der Waals surface area contributed by atoms with Crippen LogP contribution in [0.25, 0.3) is 0 Å². The van der Waals surface area contributed by atoms with Crippen LogP contribution in [0.1, 0.15) is 13.8 Å². The van der Waals surface area contributed by atoms with Gasteiger partial charge in [0.05, 0.1) is 4.75 Å². The standard InChI is InChI=1S/C11H19N3O6S/c1-11(2,21(3,19)20)6-13-10(18)14-5-8(15)12-4-7(14)9(16)17/h7H,4-6H2,1-3H3,(H,12,15)(H,13,18)(H,16,17). The lowest BCUT2D eigenvalue weighted by atomic mass is 10.2. The van der Waals surface area contributed by atoms with Crippen LogP contribution < -0.4 is 10.6 Å². The number of carboxylic acids is 1. The zero-order chi connectivity index (χ0) is 16.4. The number of amides is 3. The van der Waals surface area contributed by atoms with Gasteiger partial charge >= 0.3 is 12.0 Å². The zero-order valence-electron chi connectivity index (χ0n) is 12.0. The van der Waals surface area contributed by atoms with Crippen molar-refractivity contribution >= 4 is 27.7 Å². The number of nitrogens with one attached hydrogen (secondary N) is 2. The minimum atomic E-state index is -3.40. The van der Waals surface area contributed by atoms with E-state index in [0.717, 1.165) is 11.2 Å². The Morgan fingerprint density at radius 1 is 1.48 bits per heavy atom. The largest absolute Gasteiger partial charge is 0.480 e. The van der Waals surface area contributed by atoms with Gasteiger partial charge in [0.15, 0.2) is 9.84 Å². The Balaban J connectivity index is 2.77. The number of sulfone groups is 1.